The minimum atomic E-state index is -1.06. The minimum absolute atomic E-state index is 0.376. The van der Waals surface area contributed by atoms with Gasteiger partial charge in [0.05, 0.1) is 18.7 Å². The number of aliphatic hydroxyl groups is 1. The molecule has 174 valence electrons. The maximum atomic E-state index is 9.85. The Bertz CT molecular complexity index is 1130. The average molecular weight is 452 g/mol. The number of fused-ring (bicyclic) bond motifs is 1. The minimum Gasteiger partial charge on any atom is -0.487 e. The molecule has 3 aromatic rings. The van der Waals surface area contributed by atoms with E-state index in [1.807, 2.05) is 36.4 Å². The van der Waals surface area contributed by atoms with Crippen molar-refractivity contribution in [2.45, 2.75) is 19.4 Å². The summed E-state index contributed by atoms with van der Waals surface area (Å²) in [6.45, 7) is 4.96. The first-order valence-corrected chi connectivity index (χ1v) is 10.5. The molecular weight excluding hydrogens is 422 g/mol. The smallest absolute Gasteiger partial charge is 0.163 e. The first kappa shape index (κ1) is 24.3. The quantitative estimate of drug-likeness (QED) is 0.357. The van der Waals surface area contributed by atoms with Gasteiger partial charge in [-0.25, -0.2) is 9.97 Å². The van der Waals surface area contributed by atoms with Crippen molar-refractivity contribution in [2.24, 2.45) is 0 Å². The number of hydrogen-bond acceptors (Lipinski definition) is 8. The van der Waals surface area contributed by atoms with Gasteiger partial charge in [-0.1, -0.05) is 17.9 Å². The fraction of sp³-hybridized carbons (Fsp3) is 0.360. The summed E-state index contributed by atoms with van der Waals surface area (Å²) in [7, 11) is 3.24. The standard InChI is InChI=1S/C25H29N3O5/c1-25(2,29)9-8-18-6-5-7-19(14-18)28-24-20-15-22(32-12-10-30-3)23(33-13-11-31-4)16-21(20)26-17-27-24/h5-7,14-17,29H,10-13H2,1-4H3,(H,26,27,28). The van der Waals surface area contributed by atoms with Crippen LogP contribution in [0.4, 0.5) is 11.5 Å². The molecule has 0 atom stereocenters. The third kappa shape index (κ3) is 7.32. The molecule has 0 aliphatic heterocycles. The molecule has 0 unspecified atom stereocenters. The largest absolute Gasteiger partial charge is 0.487 e. The summed E-state index contributed by atoms with van der Waals surface area (Å²) in [4.78, 5) is 8.81. The predicted molar refractivity (Wildman–Crippen MR) is 127 cm³/mol. The van der Waals surface area contributed by atoms with E-state index in [1.54, 1.807) is 28.1 Å². The van der Waals surface area contributed by atoms with Gasteiger partial charge < -0.3 is 29.4 Å². The second-order valence-corrected chi connectivity index (χ2v) is 7.74. The van der Waals surface area contributed by atoms with Crippen molar-refractivity contribution < 1.29 is 24.1 Å². The molecule has 0 spiro atoms. The lowest BCUT2D eigenvalue weighted by Crippen LogP contribution is -2.14. The summed E-state index contributed by atoms with van der Waals surface area (Å²) in [5.41, 5.74) is 1.23. The molecule has 0 radical (unpaired) electrons. The highest BCUT2D eigenvalue weighted by Crippen LogP contribution is 2.35. The van der Waals surface area contributed by atoms with Gasteiger partial charge in [-0.2, -0.15) is 0 Å². The van der Waals surface area contributed by atoms with E-state index in [9.17, 15) is 5.11 Å². The monoisotopic (exact) mass is 451 g/mol. The number of ether oxygens (including phenoxy) is 4. The maximum Gasteiger partial charge on any atom is 0.163 e. The zero-order valence-corrected chi connectivity index (χ0v) is 19.3. The summed E-state index contributed by atoms with van der Waals surface area (Å²) in [5.74, 6) is 7.57. The summed E-state index contributed by atoms with van der Waals surface area (Å²) < 4.78 is 21.9. The van der Waals surface area contributed by atoms with Gasteiger partial charge in [-0.05, 0) is 38.1 Å². The second kappa shape index (κ2) is 11.5. The molecule has 2 aromatic carbocycles. The van der Waals surface area contributed by atoms with Crippen molar-refractivity contribution in [3.63, 3.8) is 0 Å². The molecule has 0 amide bonds. The number of hydrogen-bond donors (Lipinski definition) is 2. The fourth-order valence-electron chi connectivity index (χ4n) is 2.90. The van der Waals surface area contributed by atoms with Gasteiger partial charge in [0.1, 0.15) is 31.0 Å². The lowest BCUT2D eigenvalue weighted by atomic mass is 10.1. The van der Waals surface area contributed by atoms with Crippen LogP contribution >= 0.6 is 0 Å². The zero-order valence-electron chi connectivity index (χ0n) is 19.3. The van der Waals surface area contributed by atoms with Gasteiger partial charge in [0, 0.05) is 36.9 Å². The van der Waals surface area contributed by atoms with E-state index in [0.29, 0.717) is 49.3 Å². The molecule has 0 fully saturated rings. The van der Waals surface area contributed by atoms with E-state index in [0.717, 1.165) is 16.6 Å². The topological polar surface area (TPSA) is 95.0 Å². The highest BCUT2D eigenvalue weighted by atomic mass is 16.5. The molecule has 0 bridgehead atoms. The molecule has 2 N–H and O–H groups in total. The second-order valence-electron chi connectivity index (χ2n) is 7.74. The maximum absolute atomic E-state index is 9.85. The number of aromatic nitrogens is 2. The number of nitrogens with zero attached hydrogens (tertiary/aromatic N) is 2. The van der Waals surface area contributed by atoms with Crippen molar-refractivity contribution in [1.29, 1.82) is 0 Å². The Morgan fingerprint density at radius 3 is 2.30 bits per heavy atom. The predicted octanol–water partition coefficient (Wildman–Crippen LogP) is 3.55. The molecule has 33 heavy (non-hydrogen) atoms. The van der Waals surface area contributed by atoms with Crippen LogP contribution in [0.25, 0.3) is 10.9 Å². The van der Waals surface area contributed by atoms with E-state index < -0.39 is 5.60 Å². The molecule has 1 aromatic heterocycles. The Kier molecular flexibility index (Phi) is 8.44. The molecule has 0 aliphatic rings. The molecule has 0 aliphatic carbocycles. The van der Waals surface area contributed by atoms with Crippen LogP contribution in [0.1, 0.15) is 19.4 Å². The normalized spacial score (nSPS) is 11.1. The van der Waals surface area contributed by atoms with Crippen LogP contribution in [0.2, 0.25) is 0 Å². The summed E-state index contributed by atoms with van der Waals surface area (Å²) in [6.07, 6.45) is 1.49. The van der Waals surface area contributed by atoms with E-state index >= 15 is 0 Å². The van der Waals surface area contributed by atoms with Crippen molar-refractivity contribution in [2.75, 3.05) is 46.0 Å². The van der Waals surface area contributed by atoms with E-state index in [2.05, 4.69) is 27.1 Å². The Hall–Kier alpha value is -3.38. The molecular formula is C25H29N3O5. The van der Waals surface area contributed by atoms with Gasteiger partial charge in [0.25, 0.3) is 0 Å². The van der Waals surface area contributed by atoms with E-state index in [1.165, 1.54) is 6.33 Å². The van der Waals surface area contributed by atoms with Crippen LogP contribution in [0, 0.1) is 11.8 Å². The Labute approximate surface area is 193 Å². The van der Waals surface area contributed by atoms with Gasteiger partial charge in [-0.15, -0.1) is 0 Å². The van der Waals surface area contributed by atoms with E-state index in [-0.39, 0.29) is 0 Å². The number of benzene rings is 2. The summed E-state index contributed by atoms with van der Waals surface area (Å²) >= 11 is 0. The number of anilines is 2. The first-order valence-electron chi connectivity index (χ1n) is 10.5. The van der Waals surface area contributed by atoms with Gasteiger partial charge in [0.2, 0.25) is 0 Å². The third-order valence-electron chi connectivity index (χ3n) is 4.43. The van der Waals surface area contributed by atoms with E-state index in [4.69, 9.17) is 18.9 Å². The van der Waals surface area contributed by atoms with Crippen molar-refractivity contribution in [3.8, 4) is 23.3 Å². The van der Waals surface area contributed by atoms with Crippen LogP contribution in [0.3, 0.4) is 0 Å². The lowest BCUT2D eigenvalue weighted by molar-refractivity contribution is 0.132. The summed E-state index contributed by atoms with van der Waals surface area (Å²) in [5, 5.41) is 14.0. The highest BCUT2D eigenvalue weighted by molar-refractivity contribution is 5.93. The third-order valence-corrected chi connectivity index (χ3v) is 4.43. The van der Waals surface area contributed by atoms with Crippen LogP contribution in [-0.2, 0) is 9.47 Å². The SMILES string of the molecule is COCCOc1cc2ncnc(Nc3cccc(C#CC(C)(C)O)c3)c2cc1OCCOC. The lowest BCUT2D eigenvalue weighted by Gasteiger charge is -2.15. The van der Waals surface area contributed by atoms with Gasteiger partial charge >= 0.3 is 0 Å². The van der Waals surface area contributed by atoms with Crippen molar-refractivity contribution in [1.82, 2.24) is 9.97 Å². The highest BCUT2D eigenvalue weighted by Gasteiger charge is 2.13. The number of methoxy groups -OCH3 is 2. The molecule has 3 rings (SSSR count). The van der Waals surface area contributed by atoms with Crippen molar-refractivity contribution in [3.05, 3.63) is 48.3 Å². The number of nitrogens with one attached hydrogen (secondary N) is 1. The molecule has 1 heterocycles. The van der Waals surface area contributed by atoms with Crippen molar-refractivity contribution >= 4 is 22.4 Å². The Balaban J connectivity index is 1.93. The van der Waals surface area contributed by atoms with Gasteiger partial charge in [-0.3, -0.25) is 0 Å². The molecule has 0 saturated heterocycles. The van der Waals surface area contributed by atoms with Crippen LogP contribution in [0.5, 0.6) is 11.5 Å². The van der Waals surface area contributed by atoms with Crippen LogP contribution in [0.15, 0.2) is 42.7 Å². The average Bonchev–Trinajstić information content (AvgIpc) is 2.78. The first-order chi connectivity index (χ1) is 15.9. The molecule has 8 nitrogen and oxygen atoms in total. The fourth-order valence-corrected chi connectivity index (χ4v) is 2.90. The van der Waals surface area contributed by atoms with Crippen LogP contribution in [-0.4, -0.2) is 61.3 Å². The molecule has 0 saturated carbocycles. The van der Waals surface area contributed by atoms with Crippen LogP contribution < -0.4 is 14.8 Å². The van der Waals surface area contributed by atoms with Gasteiger partial charge in [0.15, 0.2) is 11.5 Å². The Morgan fingerprint density at radius 1 is 0.939 bits per heavy atom. The summed E-state index contributed by atoms with van der Waals surface area (Å²) in [6, 6.07) is 11.3. The Morgan fingerprint density at radius 2 is 1.64 bits per heavy atom. The molecule has 8 heteroatoms. The zero-order chi connectivity index (χ0) is 23.7. The number of rotatable bonds is 10.